The summed E-state index contributed by atoms with van der Waals surface area (Å²) in [6.45, 7) is 4.14. The van der Waals surface area contributed by atoms with E-state index in [4.69, 9.17) is 13.5 Å². The van der Waals surface area contributed by atoms with Gasteiger partial charge in [0.25, 0.3) is 0 Å². The van der Waals surface area contributed by atoms with Crippen LogP contribution >= 0.6 is 0 Å². The molecule has 4 heterocycles. The number of benzene rings is 5. The van der Waals surface area contributed by atoms with E-state index in [1.807, 2.05) is 24.3 Å². The van der Waals surface area contributed by atoms with E-state index in [9.17, 15) is 0 Å². The zero-order valence-corrected chi connectivity index (χ0v) is 27.8. The number of para-hydroxylation sites is 2. The van der Waals surface area contributed by atoms with Crippen LogP contribution in [0.1, 0.15) is 36.1 Å². The van der Waals surface area contributed by atoms with Gasteiger partial charge in [-0.2, -0.15) is 0 Å². The summed E-state index contributed by atoms with van der Waals surface area (Å²) in [5.41, 5.74) is 7.69. The van der Waals surface area contributed by atoms with Crippen molar-refractivity contribution in [1.29, 1.82) is 0 Å². The topological polar surface area (TPSA) is 56.2 Å². The van der Waals surface area contributed by atoms with Gasteiger partial charge >= 0.3 is 0 Å². The number of rotatable bonds is 1. The number of hydrogen-bond acceptors (Lipinski definition) is 4. The number of aryl methyl sites for hydroxylation is 1. The van der Waals surface area contributed by atoms with Crippen LogP contribution in [0.3, 0.4) is 0 Å². The third-order valence-corrected chi connectivity index (χ3v) is 8.14. The average Bonchev–Trinajstić information content (AvgIpc) is 3.68. The maximum Gasteiger partial charge on any atom is 0.143 e. The molecule has 0 saturated heterocycles. The van der Waals surface area contributed by atoms with Crippen LogP contribution < -0.4 is 0 Å². The molecule has 1 radical (unpaired) electrons. The number of aromatic nitrogens is 4. The fraction of sp³-hybridized carbons (Fsp3) is 0.125. The third-order valence-electron chi connectivity index (χ3n) is 8.14. The number of fused-ring (bicyclic) bond motifs is 12. The summed E-state index contributed by atoms with van der Waals surface area (Å²) in [5.74, 6) is 0.564. The van der Waals surface area contributed by atoms with Gasteiger partial charge in [0.1, 0.15) is 11.2 Å². The van der Waals surface area contributed by atoms with Gasteiger partial charge in [0.05, 0.1) is 28.0 Å². The fourth-order valence-corrected chi connectivity index (χ4v) is 5.92. The number of imidazole rings is 1. The van der Waals surface area contributed by atoms with Crippen molar-refractivity contribution in [2.75, 3.05) is 0 Å². The molecule has 0 saturated carbocycles. The van der Waals surface area contributed by atoms with Crippen molar-refractivity contribution in [3.63, 3.8) is 0 Å². The van der Waals surface area contributed by atoms with Crippen molar-refractivity contribution in [2.45, 2.75) is 33.0 Å². The first-order valence-corrected chi connectivity index (χ1v) is 14.9. The first-order valence-electron chi connectivity index (χ1n) is 16.4. The zero-order chi connectivity index (χ0) is 33.2. The third kappa shape index (κ3) is 4.95. The van der Waals surface area contributed by atoms with Crippen LogP contribution in [0.25, 0.3) is 71.7 Å². The van der Waals surface area contributed by atoms with Crippen molar-refractivity contribution in [3.05, 3.63) is 133 Å². The Labute approximate surface area is 284 Å². The molecule has 0 N–H and O–H groups in total. The van der Waals surface area contributed by atoms with Gasteiger partial charge in [-0.15, -0.1) is 59.7 Å². The Morgan fingerprint density at radius 2 is 1.61 bits per heavy atom. The minimum atomic E-state index is -2.11. The molecule has 227 valence electrons. The summed E-state index contributed by atoms with van der Waals surface area (Å²) in [4.78, 5) is 13.7. The van der Waals surface area contributed by atoms with Gasteiger partial charge in [-0.25, -0.2) is 0 Å². The van der Waals surface area contributed by atoms with Crippen LogP contribution in [0.2, 0.25) is 0 Å². The molecule has 0 spiro atoms. The molecule has 0 bridgehead atoms. The number of furan rings is 1. The van der Waals surface area contributed by atoms with Crippen molar-refractivity contribution in [3.8, 4) is 11.4 Å². The summed E-state index contributed by atoms with van der Waals surface area (Å²) in [7, 11) is 0. The van der Waals surface area contributed by atoms with E-state index in [-0.39, 0.29) is 31.1 Å². The summed E-state index contributed by atoms with van der Waals surface area (Å²) < 4.78 is 30.8. The summed E-state index contributed by atoms with van der Waals surface area (Å²) in [5, 5.41) is 5.43. The predicted octanol–water partition coefficient (Wildman–Crippen LogP) is 10.0. The van der Waals surface area contributed by atoms with Crippen molar-refractivity contribution in [2.24, 2.45) is 0 Å². The van der Waals surface area contributed by atoms with Gasteiger partial charge in [-0.05, 0) is 29.7 Å². The first-order chi connectivity index (χ1) is 23.1. The van der Waals surface area contributed by atoms with Gasteiger partial charge < -0.3 is 8.82 Å². The Kier molecular flexibility index (Phi) is 6.57. The molecule has 0 aliphatic heterocycles. The Morgan fingerprint density at radius 1 is 0.783 bits per heavy atom. The normalized spacial score (nSPS) is 13.0. The largest absolute Gasteiger partial charge is 0.463 e. The predicted molar refractivity (Wildman–Crippen MR) is 184 cm³/mol. The molecule has 46 heavy (non-hydrogen) atoms. The quantitative estimate of drug-likeness (QED) is 0.156. The van der Waals surface area contributed by atoms with E-state index in [2.05, 4.69) is 108 Å². The smallest absolute Gasteiger partial charge is 0.143 e. The molecule has 9 rings (SSSR count). The van der Waals surface area contributed by atoms with E-state index in [1.165, 1.54) is 11.5 Å². The molecule has 0 aliphatic rings. The van der Waals surface area contributed by atoms with Crippen LogP contribution in [0, 0.1) is 19.0 Å². The minimum absolute atomic E-state index is 0. The molecule has 0 fully saturated rings. The number of pyridine rings is 1. The molecule has 0 amide bonds. The number of hydrogen-bond donors (Lipinski definition) is 0. The molecule has 5 nitrogen and oxygen atoms in total. The minimum Gasteiger partial charge on any atom is -0.463 e. The van der Waals surface area contributed by atoms with Crippen molar-refractivity contribution < 1.29 is 28.6 Å². The van der Waals surface area contributed by atoms with Crippen LogP contribution in [0.4, 0.5) is 0 Å². The Hall–Kier alpha value is -4.90. The molecule has 0 unspecified atom stereocenters. The Morgan fingerprint density at radius 3 is 2.43 bits per heavy atom. The first kappa shape index (κ1) is 26.3. The van der Waals surface area contributed by atoms with E-state index in [0.29, 0.717) is 11.4 Å². The van der Waals surface area contributed by atoms with Crippen LogP contribution in [-0.2, 0) is 25.5 Å². The summed E-state index contributed by atoms with van der Waals surface area (Å²) in [6, 6.07) is 40.0. The van der Waals surface area contributed by atoms with E-state index < -0.39 is 6.85 Å². The van der Waals surface area contributed by atoms with Crippen LogP contribution in [-0.4, -0.2) is 19.4 Å². The molecule has 6 heteroatoms. The Bertz CT molecular complexity index is 2650. The van der Waals surface area contributed by atoms with E-state index >= 15 is 0 Å². The Balaban J connectivity index is 0.000000161. The van der Waals surface area contributed by atoms with Crippen LogP contribution in [0.15, 0.2) is 114 Å². The summed E-state index contributed by atoms with van der Waals surface area (Å²) in [6.07, 6.45) is 1.72. The van der Waals surface area contributed by atoms with Gasteiger partial charge in [0.2, 0.25) is 0 Å². The molecule has 0 atom stereocenters. The van der Waals surface area contributed by atoms with Crippen LogP contribution in [0.5, 0.6) is 0 Å². The molecule has 9 aromatic rings. The standard InChI is InChI=1S/C25H13N2O.C15H17N2.Ir/c1-2-8-16-15(7-1)13-14-19-22-24(28-23(16)19)17-9-3-4-10-18(17)25-26-20-11-5-6-12-21(20)27(22)25;1-11-5-7-12(8-6-11)14-16-10-9-13(17-14)15(2,3)4;/h1-9,11-14H;5-7,9-10H,1-4H3;/q2*-1;/i;1D3;. The van der Waals surface area contributed by atoms with Gasteiger partial charge in [0.15, 0.2) is 0 Å². The molecule has 4 aromatic heterocycles. The monoisotopic (exact) mass is 778 g/mol. The average molecular weight is 778 g/mol. The molecular weight excluding hydrogens is 745 g/mol. The second-order valence-corrected chi connectivity index (χ2v) is 12.2. The van der Waals surface area contributed by atoms with E-state index in [0.717, 1.165) is 60.6 Å². The van der Waals surface area contributed by atoms with Crippen molar-refractivity contribution >= 4 is 60.3 Å². The second kappa shape index (κ2) is 11.5. The fourth-order valence-electron chi connectivity index (χ4n) is 5.92. The SMILES string of the molecule is [2H]C([2H])([2H])c1c[c-]c(-c2nccc(C(C)(C)C)n2)cc1.[Ir].[c-]1cccc2c1c1nc3ccccc3n1c1c3ccc4ccccc4c3oc21. The van der Waals surface area contributed by atoms with E-state index in [1.54, 1.807) is 18.3 Å². The van der Waals surface area contributed by atoms with Crippen molar-refractivity contribution in [1.82, 2.24) is 19.4 Å². The van der Waals surface area contributed by atoms with Gasteiger partial charge in [-0.1, -0.05) is 80.9 Å². The maximum absolute atomic E-state index is 7.35. The van der Waals surface area contributed by atoms with Gasteiger partial charge in [0, 0.05) is 52.3 Å². The molecular formula is C40H30IrN4O-2. The second-order valence-electron chi connectivity index (χ2n) is 12.2. The number of nitrogens with zero attached hydrogens (tertiary/aromatic N) is 4. The molecule has 5 aromatic carbocycles. The van der Waals surface area contributed by atoms with Gasteiger partial charge in [-0.3, -0.25) is 15.0 Å². The maximum atomic E-state index is 7.35. The molecule has 0 aliphatic carbocycles. The summed E-state index contributed by atoms with van der Waals surface area (Å²) >= 11 is 0. The zero-order valence-electron chi connectivity index (χ0n) is 28.4.